The predicted octanol–water partition coefficient (Wildman–Crippen LogP) is 5.34. The van der Waals surface area contributed by atoms with Gasteiger partial charge in [0, 0.05) is 17.0 Å². The summed E-state index contributed by atoms with van der Waals surface area (Å²) in [7, 11) is 0. The molecule has 3 aromatic heterocycles. The number of nitrogens with zero attached hydrogens (tertiary/aromatic N) is 4. The van der Waals surface area contributed by atoms with E-state index < -0.39 is 0 Å². The number of anilines is 1. The first-order valence-electron chi connectivity index (χ1n) is 10.8. The number of nitrogens with one attached hydrogen (secondary N) is 1. The molecule has 1 aliphatic heterocycles. The summed E-state index contributed by atoms with van der Waals surface area (Å²) in [6, 6.07) is 7.77. The summed E-state index contributed by atoms with van der Waals surface area (Å²) >= 11 is 4.61. The van der Waals surface area contributed by atoms with Crippen LogP contribution in [0.25, 0.3) is 15.9 Å². The van der Waals surface area contributed by atoms with Crippen LogP contribution in [0, 0.1) is 6.92 Å². The minimum Gasteiger partial charge on any atom is -0.369 e. The highest BCUT2D eigenvalue weighted by Gasteiger charge is 2.33. The van der Waals surface area contributed by atoms with Gasteiger partial charge in [-0.3, -0.25) is 4.79 Å². The van der Waals surface area contributed by atoms with Crippen molar-refractivity contribution in [2.24, 2.45) is 0 Å². The zero-order chi connectivity index (χ0) is 23.2. The van der Waals surface area contributed by atoms with Gasteiger partial charge in [-0.2, -0.15) is 0 Å². The molecule has 1 aliphatic rings. The number of aryl methyl sites for hydroxylation is 1. The molecule has 10 heteroatoms. The van der Waals surface area contributed by atoms with Crippen LogP contribution in [0.1, 0.15) is 36.3 Å². The number of benzene rings is 1. The van der Waals surface area contributed by atoms with Crippen LogP contribution >= 0.6 is 34.9 Å². The second kappa shape index (κ2) is 8.90. The van der Waals surface area contributed by atoms with Gasteiger partial charge in [-0.1, -0.05) is 48.1 Å². The largest absolute Gasteiger partial charge is 0.369 e. The monoisotopic (exact) mass is 499 g/mol. The molecule has 0 radical (unpaired) electrons. The van der Waals surface area contributed by atoms with Gasteiger partial charge in [0.25, 0.3) is 0 Å². The maximum absolute atomic E-state index is 12.5. The van der Waals surface area contributed by atoms with Crippen LogP contribution in [0.3, 0.4) is 0 Å². The zero-order valence-corrected chi connectivity index (χ0v) is 21.4. The number of thiophene rings is 1. The van der Waals surface area contributed by atoms with E-state index in [-0.39, 0.29) is 17.3 Å². The van der Waals surface area contributed by atoms with Gasteiger partial charge in [-0.05, 0) is 44.2 Å². The summed E-state index contributed by atoms with van der Waals surface area (Å²) in [5.41, 5.74) is 3.85. The fraction of sp³-hybridized carbons (Fsp3) is 0.391. The standard InChI is InChI=1S/C23H25N5O2S3/c1-5-23(3)10-15-16(11-30-23)33-20-18(15)19-26-27-22(28(19)21(25-20)31-4)32-12-17(29)24-14-8-6-13(2)7-9-14/h6-9H,5,10-12H2,1-4H3,(H,24,29)/t23-/m0/s1. The lowest BCUT2D eigenvalue weighted by atomic mass is 9.90. The fourth-order valence-electron chi connectivity index (χ4n) is 3.94. The molecule has 0 bridgehead atoms. The summed E-state index contributed by atoms with van der Waals surface area (Å²) < 4.78 is 8.14. The molecule has 0 unspecified atom stereocenters. The van der Waals surface area contributed by atoms with Crippen molar-refractivity contribution in [3.05, 3.63) is 40.3 Å². The Morgan fingerprint density at radius 1 is 1.27 bits per heavy atom. The molecule has 1 atom stereocenters. The first kappa shape index (κ1) is 22.6. The van der Waals surface area contributed by atoms with Gasteiger partial charge >= 0.3 is 0 Å². The van der Waals surface area contributed by atoms with Crippen molar-refractivity contribution in [2.75, 3.05) is 17.3 Å². The molecular weight excluding hydrogens is 474 g/mol. The first-order chi connectivity index (χ1) is 15.9. The minimum absolute atomic E-state index is 0.0795. The highest BCUT2D eigenvalue weighted by atomic mass is 32.2. The van der Waals surface area contributed by atoms with E-state index in [1.807, 2.05) is 41.8 Å². The molecule has 0 aliphatic carbocycles. The van der Waals surface area contributed by atoms with Crippen molar-refractivity contribution < 1.29 is 9.53 Å². The van der Waals surface area contributed by atoms with Crippen LogP contribution in [-0.2, 0) is 22.6 Å². The Labute approximate surface area is 204 Å². The molecule has 0 fully saturated rings. The molecule has 1 aromatic carbocycles. The summed E-state index contributed by atoms with van der Waals surface area (Å²) in [6.45, 7) is 6.95. The lowest BCUT2D eigenvalue weighted by Crippen LogP contribution is -2.33. The zero-order valence-electron chi connectivity index (χ0n) is 19.0. The number of rotatable bonds is 6. The highest BCUT2D eigenvalue weighted by Crippen LogP contribution is 2.42. The SMILES string of the molecule is CC[C@@]1(C)Cc2c(sc3nc(SC)n4c(SCC(=O)Nc5ccc(C)cc5)nnc4c23)CO1. The van der Waals surface area contributed by atoms with E-state index in [1.54, 1.807) is 23.1 Å². The fourth-order valence-corrected chi connectivity index (χ4v) is 6.42. The number of fused-ring (bicyclic) bond motifs is 5. The summed E-state index contributed by atoms with van der Waals surface area (Å²) in [4.78, 5) is 19.7. The van der Waals surface area contributed by atoms with Gasteiger partial charge in [-0.25, -0.2) is 9.38 Å². The average Bonchev–Trinajstić information content (AvgIpc) is 3.39. The van der Waals surface area contributed by atoms with Gasteiger partial charge in [0.1, 0.15) is 4.83 Å². The molecule has 33 heavy (non-hydrogen) atoms. The highest BCUT2D eigenvalue weighted by molar-refractivity contribution is 8.00. The van der Waals surface area contributed by atoms with Gasteiger partial charge < -0.3 is 10.1 Å². The molecule has 4 heterocycles. The first-order valence-corrected chi connectivity index (χ1v) is 13.8. The molecule has 172 valence electrons. The van der Waals surface area contributed by atoms with Crippen LogP contribution in [-0.4, -0.2) is 43.1 Å². The maximum Gasteiger partial charge on any atom is 0.234 e. The smallest absolute Gasteiger partial charge is 0.234 e. The number of carbonyl (C=O) groups excluding carboxylic acids is 1. The molecule has 0 saturated heterocycles. The average molecular weight is 500 g/mol. The van der Waals surface area contributed by atoms with Crippen molar-refractivity contribution in [3.63, 3.8) is 0 Å². The van der Waals surface area contributed by atoms with Crippen molar-refractivity contribution in [1.29, 1.82) is 0 Å². The van der Waals surface area contributed by atoms with Gasteiger partial charge in [0.2, 0.25) is 5.91 Å². The number of hydrogen-bond acceptors (Lipinski definition) is 8. The summed E-state index contributed by atoms with van der Waals surface area (Å²) in [5.74, 6) is 0.161. The number of thioether (sulfide) groups is 2. The van der Waals surface area contributed by atoms with E-state index in [0.717, 1.165) is 45.1 Å². The summed E-state index contributed by atoms with van der Waals surface area (Å²) in [6.07, 6.45) is 3.78. The second-order valence-corrected chi connectivity index (χ2v) is 11.2. The van der Waals surface area contributed by atoms with E-state index in [1.165, 1.54) is 22.2 Å². The van der Waals surface area contributed by atoms with E-state index in [0.29, 0.717) is 11.8 Å². The van der Waals surface area contributed by atoms with Crippen LogP contribution in [0.2, 0.25) is 0 Å². The molecule has 5 rings (SSSR count). The Balaban J connectivity index is 1.47. The van der Waals surface area contributed by atoms with E-state index in [9.17, 15) is 4.79 Å². The lowest BCUT2D eigenvalue weighted by molar-refractivity contribution is -0.113. The number of aromatic nitrogens is 4. The Bertz CT molecular complexity index is 1350. The quantitative estimate of drug-likeness (QED) is 0.283. The van der Waals surface area contributed by atoms with Gasteiger partial charge in [-0.15, -0.1) is 21.5 Å². The second-order valence-electron chi connectivity index (χ2n) is 8.40. The molecule has 1 N–H and O–H groups in total. The normalized spacial score (nSPS) is 18.1. The third-order valence-electron chi connectivity index (χ3n) is 6.02. The van der Waals surface area contributed by atoms with Crippen molar-refractivity contribution in [3.8, 4) is 0 Å². The summed E-state index contributed by atoms with van der Waals surface area (Å²) in [5, 5.41) is 14.5. The van der Waals surface area contributed by atoms with Gasteiger partial charge in [0.05, 0.1) is 23.3 Å². The molecule has 4 aromatic rings. The van der Waals surface area contributed by atoms with Crippen LogP contribution in [0.15, 0.2) is 34.6 Å². The number of hydrogen-bond donors (Lipinski definition) is 1. The number of carbonyl (C=O) groups is 1. The predicted molar refractivity (Wildman–Crippen MR) is 136 cm³/mol. The van der Waals surface area contributed by atoms with E-state index in [2.05, 4.69) is 29.4 Å². The molecule has 0 saturated carbocycles. The molecule has 7 nitrogen and oxygen atoms in total. The maximum atomic E-state index is 12.5. The minimum atomic E-state index is -0.179. The Kier molecular flexibility index (Phi) is 6.11. The van der Waals surface area contributed by atoms with Gasteiger partial charge in [0.15, 0.2) is 16.0 Å². The van der Waals surface area contributed by atoms with Crippen molar-refractivity contribution >= 4 is 62.3 Å². The molecule has 0 spiro atoms. The molecular formula is C23H25N5O2S3. The lowest BCUT2D eigenvalue weighted by Gasteiger charge is -2.32. The topological polar surface area (TPSA) is 81.4 Å². The Morgan fingerprint density at radius 3 is 2.79 bits per heavy atom. The Hall–Kier alpha value is -2.14. The number of amides is 1. The van der Waals surface area contributed by atoms with Crippen LogP contribution in [0.5, 0.6) is 0 Å². The molecule has 1 amide bonds. The van der Waals surface area contributed by atoms with Crippen LogP contribution in [0.4, 0.5) is 5.69 Å². The third kappa shape index (κ3) is 4.25. The van der Waals surface area contributed by atoms with Crippen molar-refractivity contribution in [1.82, 2.24) is 19.6 Å². The van der Waals surface area contributed by atoms with E-state index in [4.69, 9.17) is 9.72 Å². The van der Waals surface area contributed by atoms with Crippen LogP contribution < -0.4 is 5.32 Å². The third-order valence-corrected chi connectivity index (χ3v) is 8.69. The number of ether oxygens (including phenoxy) is 1. The van der Waals surface area contributed by atoms with Crippen molar-refractivity contribution in [2.45, 2.75) is 56.1 Å². The van der Waals surface area contributed by atoms with E-state index >= 15 is 0 Å². The Morgan fingerprint density at radius 2 is 2.06 bits per heavy atom.